The molecule has 45 heavy (non-hydrogen) atoms. The van der Waals surface area contributed by atoms with E-state index >= 15 is 0 Å². The van der Waals surface area contributed by atoms with Crippen LogP contribution >= 0.6 is 11.6 Å². The number of aryl methyl sites for hydroxylation is 1. The normalized spacial score (nSPS) is 12.9. The van der Waals surface area contributed by atoms with Gasteiger partial charge in [0.2, 0.25) is 5.95 Å². The zero-order chi connectivity index (χ0) is 31.8. The quantitative estimate of drug-likeness (QED) is 0.182. The van der Waals surface area contributed by atoms with Crippen LogP contribution in [0.1, 0.15) is 33.4 Å². The molecule has 6 rings (SSSR count). The molecule has 0 aliphatic rings. The van der Waals surface area contributed by atoms with Crippen molar-refractivity contribution in [3.05, 3.63) is 108 Å². The Labute approximate surface area is 270 Å². The Hall–Kier alpha value is -4.31. The molecule has 0 spiro atoms. The predicted octanol–water partition coefficient (Wildman–Crippen LogP) is 6.53. The standard InChI is InChI=1S/C35H38ClN7OSi/c1-24(23-44-45(35(3,4)5,28-13-9-7-10-14-28)29-15-11-8-12-16-29)38-34-40-33-32(30-21-37-42(6)25(30)2)39-31(22-43(33)41-34)26-17-19-27(36)20-18-26/h7-22,24H,23H2,1-6H3,(H,38,41)/t24-/m0/s1. The highest BCUT2D eigenvalue weighted by atomic mass is 35.5. The van der Waals surface area contributed by atoms with Crippen LogP contribution in [0.2, 0.25) is 10.1 Å². The Balaban J connectivity index is 1.34. The van der Waals surface area contributed by atoms with Gasteiger partial charge in [0, 0.05) is 34.9 Å². The van der Waals surface area contributed by atoms with Crippen LogP contribution in [0.4, 0.5) is 5.95 Å². The minimum absolute atomic E-state index is 0.0728. The molecule has 0 saturated heterocycles. The minimum atomic E-state index is -2.68. The summed E-state index contributed by atoms with van der Waals surface area (Å²) in [6.07, 6.45) is 3.72. The first kappa shape index (κ1) is 30.7. The lowest BCUT2D eigenvalue weighted by Gasteiger charge is -2.43. The number of fused-ring (bicyclic) bond motifs is 1. The number of nitrogens with one attached hydrogen (secondary N) is 1. The molecule has 0 saturated carbocycles. The van der Waals surface area contributed by atoms with E-state index in [9.17, 15) is 0 Å². The zero-order valence-corrected chi connectivity index (χ0v) is 28.2. The molecular formula is C35H38ClN7OSi. The molecule has 0 unspecified atom stereocenters. The van der Waals surface area contributed by atoms with Crippen LogP contribution in [0.5, 0.6) is 0 Å². The molecule has 3 aromatic carbocycles. The molecule has 1 N–H and O–H groups in total. The van der Waals surface area contributed by atoms with Gasteiger partial charge >= 0.3 is 0 Å². The van der Waals surface area contributed by atoms with Crippen molar-refractivity contribution in [2.24, 2.45) is 7.05 Å². The van der Waals surface area contributed by atoms with Crippen molar-refractivity contribution in [2.75, 3.05) is 11.9 Å². The second-order valence-corrected chi connectivity index (χ2v) is 17.2. The van der Waals surface area contributed by atoms with Crippen LogP contribution in [0.3, 0.4) is 0 Å². The molecule has 0 radical (unpaired) electrons. The van der Waals surface area contributed by atoms with Gasteiger partial charge in [0.05, 0.1) is 24.7 Å². The van der Waals surface area contributed by atoms with Crippen molar-refractivity contribution in [1.82, 2.24) is 29.4 Å². The van der Waals surface area contributed by atoms with Gasteiger partial charge in [-0.2, -0.15) is 10.1 Å². The van der Waals surface area contributed by atoms with E-state index in [1.807, 2.05) is 55.3 Å². The Morgan fingerprint density at radius 3 is 2.09 bits per heavy atom. The van der Waals surface area contributed by atoms with E-state index in [0.29, 0.717) is 28.9 Å². The molecule has 10 heteroatoms. The Morgan fingerprint density at radius 2 is 1.53 bits per heavy atom. The molecule has 0 aliphatic carbocycles. The maximum absolute atomic E-state index is 7.15. The number of aromatic nitrogens is 6. The number of anilines is 1. The second-order valence-electron chi connectivity index (χ2n) is 12.5. The number of halogens is 1. The third-order valence-corrected chi connectivity index (χ3v) is 13.5. The lowest BCUT2D eigenvalue weighted by atomic mass is 10.1. The van der Waals surface area contributed by atoms with Crippen LogP contribution in [0.25, 0.3) is 28.2 Å². The topological polar surface area (TPSA) is 82.2 Å². The molecule has 1 atom stereocenters. The zero-order valence-electron chi connectivity index (χ0n) is 26.5. The van der Waals surface area contributed by atoms with Crippen molar-refractivity contribution in [2.45, 2.75) is 45.7 Å². The Kier molecular flexibility index (Phi) is 8.34. The Morgan fingerprint density at radius 1 is 0.911 bits per heavy atom. The van der Waals surface area contributed by atoms with Gasteiger partial charge in [0.25, 0.3) is 8.32 Å². The fourth-order valence-corrected chi connectivity index (χ4v) is 10.7. The summed E-state index contributed by atoms with van der Waals surface area (Å²) in [7, 11) is -0.762. The van der Waals surface area contributed by atoms with E-state index in [1.54, 1.807) is 4.52 Å². The number of benzene rings is 3. The van der Waals surface area contributed by atoms with Crippen LogP contribution in [-0.4, -0.2) is 50.3 Å². The molecule has 8 nitrogen and oxygen atoms in total. The molecule has 0 amide bonds. The van der Waals surface area contributed by atoms with Crippen LogP contribution < -0.4 is 15.7 Å². The van der Waals surface area contributed by atoms with E-state index in [-0.39, 0.29) is 11.1 Å². The maximum atomic E-state index is 7.15. The van der Waals surface area contributed by atoms with Gasteiger partial charge in [0.1, 0.15) is 5.69 Å². The highest BCUT2D eigenvalue weighted by molar-refractivity contribution is 6.99. The number of hydrogen-bond acceptors (Lipinski definition) is 6. The minimum Gasteiger partial charge on any atom is -0.405 e. The van der Waals surface area contributed by atoms with E-state index < -0.39 is 8.32 Å². The number of hydrogen-bond donors (Lipinski definition) is 1. The highest BCUT2D eigenvalue weighted by Gasteiger charge is 2.50. The summed E-state index contributed by atoms with van der Waals surface area (Å²) in [5.74, 6) is 0.506. The van der Waals surface area contributed by atoms with E-state index in [4.69, 9.17) is 31.1 Å². The molecule has 3 heterocycles. The van der Waals surface area contributed by atoms with Crippen LogP contribution in [-0.2, 0) is 11.5 Å². The fourth-order valence-electron chi connectivity index (χ4n) is 5.90. The SMILES string of the molecule is Cc1c(-c2nc(-c3ccc(Cl)cc3)cn3nc(N[C@@H](C)CO[Si](c4ccccc4)(c4ccccc4)C(C)(C)C)nc23)cnn1C. The van der Waals surface area contributed by atoms with Crippen LogP contribution in [0.15, 0.2) is 97.3 Å². The van der Waals surface area contributed by atoms with Crippen molar-refractivity contribution in [3.8, 4) is 22.5 Å². The third-order valence-electron chi connectivity index (χ3n) is 8.29. The first-order valence-electron chi connectivity index (χ1n) is 15.1. The molecule has 3 aromatic heterocycles. The van der Waals surface area contributed by atoms with Gasteiger partial charge < -0.3 is 9.74 Å². The smallest absolute Gasteiger partial charge is 0.261 e. The molecule has 0 fully saturated rings. The predicted molar refractivity (Wildman–Crippen MR) is 185 cm³/mol. The summed E-state index contributed by atoms with van der Waals surface area (Å²) in [5.41, 5.74) is 4.94. The number of rotatable bonds is 9. The summed E-state index contributed by atoms with van der Waals surface area (Å²) in [6.45, 7) is 11.5. The van der Waals surface area contributed by atoms with Crippen molar-refractivity contribution in [3.63, 3.8) is 0 Å². The first-order valence-corrected chi connectivity index (χ1v) is 17.4. The maximum Gasteiger partial charge on any atom is 0.261 e. The van der Waals surface area contributed by atoms with Gasteiger partial charge in [-0.15, -0.1) is 5.10 Å². The van der Waals surface area contributed by atoms with Gasteiger partial charge in [-0.1, -0.05) is 105 Å². The molecular weight excluding hydrogens is 598 g/mol. The van der Waals surface area contributed by atoms with Gasteiger partial charge in [0.15, 0.2) is 5.65 Å². The first-order chi connectivity index (χ1) is 21.6. The summed E-state index contributed by atoms with van der Waals surface area (Å²) in [5, 5.41) is 15.9. The van der Waals surface area contributed by atoms with Crippen molar-refractivity contribution >= 4 is 41.9 Å². The highest BCUT2D eigenvalue weighted by Crippen LogP contribution is 2.37. The van der Waals surface area contributed by atoms with Crippen LogP contribution in [0, 0.1) is 6.92 Å². The second kappa shape index (κ2) is 12.2. The van der Waals surface area contributed by atoms with Crippen molar-refractivity contribution < 1.29 is 4.43 Å². The molecule has 6 aromatic rings. The van der Waals surface area contributed by atoms with E-state index in [2.05, 4.69) is 98.8 Å². The summed E-state index contributed by atoms with van der Waals surface area (Å²) >= 11 is 6.17. The molecule has 0 aliphatic heterocycles. The lowest BCUT2D eigenvalue weighted by Crippen LogP contribution is -2.67. The molecule has 0 bridgehead atoms. The van der Waals surface area contributed by atoms with Crippen molar-refractivity contribution in [1.29, 1.82) is 0 Å². The monoisotopic (exact) mass is 635 g/mol. The summed E-state index contributed by atoms with van der Waals surface area (Å²) < 4.78 is 10.8. The van der Waals surface area contributed by atoms with E-state index in [0.717, 1.165) is 22.5 Å². The largest absolute Gasteiger partial charge is 0.405 e. The van der Waals surface area contributed by atoms with E-state index in [1.165, 1.54) is 10.4 Å². The lowest BCUT2D eigenvalue weighted by molar-refractivity contribution is 0.285. The summed E-state index contributed by atoms with van der Waals surface area (Å²) in [6, 6.07) is 28.9. The Bertz CT molecular complexity index is 1880. The third kappa shape index (κ3) is 5.91. The average Bonchev–Trinajstić information content (AvgIpc) is 3.59. The van der Waals surface area contributed by atoms with Gasteiger partial charge in [-0.3, -0.25) is 4.68 Å². The van der Waals surface area contributed by atoms with Gasteiger partial charge in [-0.25, -0.2) is 9.50 Å². The number of nitrogens with zero attached hydrogens (tertiary/aromatic N) is 6. The fraction of sp³-hybridized carbons (Fsp3) is 0.257. The molecule has 230 valence electrons. The summed E-state index contributed by atoms with van der Waals surface area (Å²) in [4.78, 5) is 9.95. The average molecular weight is 636 g/mol. The van der Waals surface area contributed by atoms with Gasteiger partial charge in [-0.05, 0) is 41.4 Å².